The Labute approximate surface area is 168 Å². The minimum Gasteiger partial charge on any atom is -0.376 e. The highest BCUT2D eigenvalue weighted by atomic mass is 16.5. The summed E-state index contributed by atoms with van der Waals surface area (Å²) < 4.78 is 8.91. The zero-order chi connectivity index (χ0) is 20.0. The Hall–Kier alpha value is -2.81. The molecule has 5 rings (SSSR count). The van der Waals surface area contributed by atoms with Crippen LogP contribution in [0.1, 0.15) is 48.8 Å². The maximum Gasteiger partial charge on any atom is 0.267 e. The fraction of sp³-hybridized carbons (Fsp3) is 0.550. The van der Waals surface area contributed by atoms with Gasteiger partial charge in [0.05, 0.1) is 36.5 Å². The Kier molecular flexibility index (Phi) is 4.54. The molecule has 0 atom stereocenters. The van der Waals surface area contributed by atoms with E-state index in [4.69, 9.17) is 4.74 Å². The number of ether oxygens (including phenoxy) is 1. The van der Waals surface area contributed by atoms with Crippen LogP contribution < -0.4 is 10.9 Å². The Morgan fingerprint density at radius 1 is 1.21 bits per heavy atom. The van der Waals surface area contributed by atoms with Crippen molar-refractivity contribution in [1.82, 2.24) is 29.5 Å². The van der Waals surface area contributed by atoms with Crippen molar-refractivity contribution in [3.63, 3.8) is 0 Å². The van der Waals surface area contributed by atoms with Crippen LogP contribution in [0, 0.1) is 6.92 Å². The molecule has 9 nitrogen and oxygen atoms in total. The molecular weight excluding hydrogens is 370 g/mol. The van der Waals surface area contributed by atoms with Crippen molar-refractivity contribution >= 4 is 16.9 Å². The van der Waals surface area contributed by atoms with E-state index in [1.165, 1.54) is 0 Å². The van der Waals surface area contributed by atoms with Gasteiger partial charge in [-0.05, 0) is 32.6 Å². The summed E-state index contributed by atoms with van der Waals surface area (Å²) in [6.45, 7) is 3.07. The molecule has 0 aromatic carbocycles. The van der Waals surface area contributed by atoms with Gasteiger partial charge in [0.1, 0.15) is 11.6 Å². The Morgan fingerprint density at radius 3 is 2.86 bits per heavy atom. The summed E-state index contributed by atoms with van der Waals surface area (Å²) in [4.78, 5) is 21.6. The van der Waals surface area contributed by atoms with Crippen molar-refractivity contribution in [1.29, 1.82) is 0 Å². The molecule has 1 N–H and O–H groups in total. The fourth-order valence-electron chi connectivity index (χ4n) is 4.39. The van der Waals surface area contributed by atoms with Gasteiger partial charge >= 0.3 is 0 Å². The number of fused-ring (bicyclic) bond motifs is 2. The summed E-state index contributed by atoms with van der Waals surface area (Å²) in [5.41, 5.74) is 2.76. The standard InChI is InChI=1S/C20H25N7O2/c1-12-22-19(16-10-21-26(2)20(16)23-12)24-14-3-5-15(6-4-14)27-18(28)9-13-11-29-8-7-17(13)25-27/h9-10,14-15H,3-8,11H2,1-2H3,(H,22,23,24). The molecule has 1 aliphatic carbocycles. The largest absolute Gasteiger partial charge is 0.376 e. The number of anilines is 1. The van der Waals surface area contributed by atoms with Gasteiger partial charge in [-0.25, -0.2) is 14.6 Å². The first kappa shape index (κ1) is 18.2. The molecule has 3 aromatic heterocycles. The zero-order valence-corrected chi connectivity index (χ0v) is 16.8. The van der Waals surface area contributed by atoms with E-state index >= 15 is 0 Å². The van der Waals surface area contributed by atoms with Gasteiger partial charge < -0.3 is 10.1 Å². The number of nitrogens with one attached hydrogen (secondary N) is 1. The summed E-state index contributed by atoms with van der Waals surface area (Å²) in [5, 5.41) is 13.5. The summed E-state index contributed by atoms with van der Waals surface area (Å²) in [5.74, 6) is 1.57. The summed E-state index contributed by atoms with van der Waals surface area (Å²) in [6.07, 6.45) is 6.34. The molecule has 1 aliphatic heterocycles. The molecule has 1 fully saturated rings. The lowest BCUT2D eigenvalue weighted by molar-refractivity contribution is 0.107. The molecule has 2 aliphatic rings. The minimum atomic E-state index is -0.0193. The molecule has 0 radical (unpaired) electrons. The molecule has 9 heteroatoms. The Balaban J connectivity index is 1.31. The van der Waals surface area contributed by atoms with Crippen molar-refractivity contribution in [3.8, 4) is 0 Å². The topological polar surface area (TPSA) is 99.8 Å². The van der Waals surface area contributed by atoms with E-state index in [-0.39, 0.29) is 11.6 Å². The van der Waals surface area contributed by atoms with Crippen LogP contribution in [-0.2, 0) is 24.8 Å². The monoisotopic (exact) mass is 395 g/mol. The highest BCUT2D eigenvalue weighted by Gasteiger charge is 2.26. The first-order chi connectivity index (χ1) is 14.1. The van der Waals surface area contributed by atoms with E-state index in [0.717, 1.165) is 66.0 Å². The third-order valence-electron chi connectivity index (χ3n) is 5.95. The second-order valence-corrected chi connectivity index (χ2v) is 7.98. The maximum absolute atomic E-state index is 12.6. The van der Waals surface area contributed by atoms with E-state index in [9.17, 15) is 4.79 Å². The van der Waals surface area contributed by atoms with Crippen molar-refractivity contribution in [2.24, 2.45) is 7.05 Å². The molecule has 3 aromatic rings. The van der Waals surface area contributed by atoms with Gasteiger partial charge in [0.15, 0.2) is 5.65 Å². The number of rotatable bonds is 3. The molecule has 1 saturated carbocycles. The smallest absolute Gasteiger partial charge is 0.267 e. The van der Waals surface area contributed by atoms with Crippen LogP contribution in [0.5, 0.6) is 0 Å². The van der Waals surface area contributed by atoms with Gasteiger partial charge in [-0.15, -0.1) is 0 Å². The van der Waals surface area contributed by atoms with E-state index < -0.39 is 0 Å². The maximum atomic E-state index is 12.6. The summed E-state index contributed by atoms with van der Waals surface area (Å²) in [7, 11) is 1.89. The van der Waals surface area contributed by atoms with Gasteiger partial charge in [0.25, 0.3) is 5.56 Å². The van der Waals surface area contributed by atoms with Gasteiger partial charge in [-0.2, -0.15) is 10.2 Å². The second kappa shape index (κ2) is 7.22. The molecule has 152 valence electrons. The van der Waals surface area contributed by atoms with Crippen molar-refractivity contribution in [2.45, 2.75) is 57.7 Å². The Morgan fingerprint density at radius 2 is 2.03 bits per heavy atom. The molecule has 4 heterocycles. The summed E-state index contributed by atoms with van der Waals surface area (Å²) in [6, 6.07) is 2.17. The molecule has 0 unspecified atom stereocenters. The summed E-state index contributed by atoms with van der Waals surface area (Å²) >= 11 is 0. The lowest BCUT2D eigenvalue weighted by Gasteiger charge is -2.30. The normalized spacial score (nSPS) is 21.9. The molecule has 0 saturated heterocycles. The SMILES string of the molecule is Cc1nc(NC2CCC(n3nc4c(cc3=O)COCC4)CC2)c2cnn(C)c2n1. The zero-order valence-electron chi connectivity index (χ0n) is 16.8. The molecule has 0 amide bonds. The van der Waals surface area contributed by atoms with E-state index in [1.807, 2.05) is 20.2 Å². The van der Waals surface area contributed by atoms with Gasteiger partial charge in [-0.1, -0.05) is 0 Å². The predicted molar refractivity (Wildman–Crippen MR) is 108 cm³/mol. The van der Waals surface area contributed by atoms with Crippen molar-refractivity contribution in [2.75, 3.05) is 11.9 Å². The quantitative estimate of drug-likeness (QED) is 0.723. The first-order valence-corrected chi connectivity index (χ1v) is 10.2. The third kappa shape index (κ3) is 3.39. The van der Waals surface area contributed by atoms with Gasteiger partial charge in [0, 0.05) is 31.1 Å². The molecule has 0 spiro atoms. The average Bonchev–Trinajstić information content (AvgIpc) is 3.09. The van der Waals surface area contributed by atoms with Crippen LogP contribution in [0.25, 0.3) is 11.0 Å². The Bertz CT molecular complexity index is 1110. The van der Waals surface area contributed by atoms with Crippen molar-refractivity contribution in [3.05, 3.63) is 39.7 Å². The van der Waals surface area contributed by atoms with Crippen LogP contribution in [0.2, 0.25) is 0 Å². The van der Waals surface area contributed by atoms with Gasteiger partial charge in [0.2, 0.25) is 0 Å². The molecule has 0 bridgehead atoms. The molecular formula is C20H25N7O2. The van der Waals surface area contributed by atoms with Crippen LogP contribution >= 0.6 is 0 Å². The lowest BCUT2D eigenvalue weighted by atomic mass is 9.91. The molecule has 29 heavy (non-hydrogen) atoms. The van der Waals surface area contributed by atoms with E-state index in [0.29, 0.717) is 19.3 Å². The number of aryl methyl sites for hydroxylation is 2. The minimum absolute atomic E-state index is 0.0193. The average molecular weight is 395 g/mol. The van der Waals surface area contributed by atoms with Crippen LogP contribution in [0.4, 0.5) is 5.82 Å². The van der Waals surface area contributed by atoms with Crippen LogP contribution in [-0.4, -0.2) is 42.2 Å². The number of nitrogens with zero attached hydrogens (tertiary/aromatic N) is 6. The van der Waals surface area contributed by atoms with Crippen molar-refractivity contribution < 1.29 is 4.74 Å². The van der Waals surface area contributed by atoms with Crippen LogP contribution in [0.3, 0.4) is 0 Å². The first-order valence-electron chi connectivity index (χ1n) is 10.2. The van der Waals surface area contributed by atoms with E-state index in [2.05, 4.69) is 25.5 Å². The highest BCUT2D eigenvalue weighted by Crippen LogP contribution is 2.30. The highest BCUT2D eigenvalue weighted by molar-refractivity contribution is 5.86. The van der Waals surface area contributed by atoms with Gasteiger partial charge in [-0.3, -0.25) is 9.48 Å². The predicted octanol–water partition coefficient (Wildman–Crippen LogP) is 1.90. The lowest BCUT2D eigenvalue weighted by Crippen LogP contribution is -2.35. The second-order valence-electron chi connectivity index (χ2n) is 7.98. The number of hydrogen-bond acceptors (Lipinski definition) is 7. The third-order valence-corrected chi connectivity index (χ3v) is 5.95. The van der Waals surface area contributed by atoms with E-state index in [1.54, 1.807) is 15.4 Å². The fourth-order valence-corrected chi connectivity index (χ4v) is 4.39. The number of hydrogen-bond donors (Lipinski definition) is 1. The van der Waals surface area contributed by atoms with Crippen LogP contribution in [0.15, 0.2) is 17.1 Å². The number of aromatic nitrogens is 6.